The average Bonchev–Trinajstić information content (AvgIpc) is 2.38. The normalized spacial score (nSPS) is 17.2. The Morgan fingerprint density at radius 1 is 1.37 bits per heavy atom. The monoisotopic (exact) mass is 377 g/mol. The van der Waals surface area contributed by atoms with Crippen LogP contribution in [0.25, 0.3) is 0 Å². The first-order chi connectivity index (χ1) is 8.66. The highest BCUT2D eigenvalue weighted by atomic mass is 127. The summed E-state index contributed by atoms with van der Waals surface area (Å²) >= 11 is 0. The van der Waals surface area contributed by atoms with E-state index in [2.05, 4.69) is 16.8 Å². The molecule has 1 heterocycles. The van der Waals surface area contributed by atoms with Gasteiger partial charge in [0.2, 0.25) is 0 Å². The molecule has 2 N–H and O–H groups in total. The molecular formula is C14H21FIN3. The number of rotatable bonds is 2. The Morgan fingerprint density at radius 3 is 2.63 bits per heavy atom. The highest BCUT2D eigenvalue weighted by molar-refractivity contribution is 14.0. The number of nitrogens with two attached hydrogens (primary N) is 1. The van der Waals surface area contributed by atoms with Gasteiger partial charge >= 0.3 is 0 Å². The van der Waals surface area contributed by atoms with Crippen molar-refractivity contribution < 1.29 is 4.39 Å². The first-order valence-corrected chi connectivity index (χ1v) is 6.45. The van der Waals surface area contributed by atoms with E-state index in [1.807, 2.05) is 6.07 Å². The van der Waals surface area contributed by atoms with Gasteiger partial charge < -0.3 is 10.6 Å². The number of hydrogen-bond donors (Lipinski definition) is 1. The molecule has 1 aliphatic heterocycles. The van der Waals surface area contributed by atoms with E-state index in [1.165, 1.54) is 6.07 Å². The van der Waals surface area contributed by atoms with E-state index in [0.29, 0.717) is 18.1 Å². The molecule has 1 fully saturated rings. The van der Waals surface area contributed by atoms with E-state index < -0.39 is 0 Å². The third kappa shape index (κ3) is 4.63. The molecule has 5 heteroatoms. The number of halogens is 2. The number of benzene rings is 1. The van der Waals surface area contributed by atoms with Crippen LogP contribution >= 0.6 is 24.0 Å². The van der Waals surface area contributed by atoms with Crippen LogP contribution in [0.4, 0.5) is 4.39 Å². The summed E-state index contributed by atoms with van der Waals surface area (Å²) in [7, 11) is 0. The summed E-state index contributed by atoms with van der Waals surface area (Å²) < 4.78 is 13.4. The molecule has 0 aliphatic carbocycles. The van der Waals surface area contributed by atoms with Gasteiger partial charge in [0.05, 0.1) is 6.54 Å². The van der Waals surface area contributed by atoms with Gasteiger partial charge in [0.25, 0.3) is 0 Å². The Kier molecular flexibility index (Phi) is 6.54. The van der Waals surface area contributed by atoms with Gasteiger partial charge in [0, 0.05) is 18.7 Å². The fraction of sp³-hybridized carbons (Fsp3) is 0.500. The Bertz CT molecular complexity index is 428. The van der Waals surface area contributed by atoms with Gasteiger partial charge in [0.15, 0.2) is 5.96 Å². The molecule has 0 atom stereocenters. The molecular weight excluding hydrogens is 356 g/mol. The van der Waals surface area contributed by atoms with Gasteiger partial charge in [-0.3, -0.25) is 0 Å². The largest absolute Gasteiger partial charge is 0.370 e. The van der Waals surface area contributed by atoms with Crippen LogP contribution < -0.4 is 5.73 Å². The maximum atomic E-state index is 13.4. The van der Waals surface area contributed by atoms with Crippen molar-refractivity contribution in [3.63, 3.8) is 0 Å². The maximum absolute atomic E-state index is 13.4. The first kappa shape index (κ1) is 16.2. The van der Waals surface area contributed by atoms with E-state index in [-0.39, 0.29) is 29.8 Å². The van der Waals surface area contributed by atoms with Crippen LogP contribution in [0.5, 0.6) is 0 Å². The number of guanidine groups is 1. The smallest absolute Gasteiger partial charge is 0.191 e. The van der Waals surface area contributed by atoms with E-state index >= 15 is 0 Å². The quantitative estimate of drug-likeness (QED) is 0.489. The SMILES string of the molecule is CC1CCN(C(N)=NCc2ccccc2F)CC1.I. The molecule has 0 unspecified atom stereocenters. The molecule has 0 saturated carbocycles. The minimum absolute atomic E-state index is 0. The zero-order valence-corrected chi connectivity index (χ0v) is 13.5. The van der Waals surface area contributed by atoms with Crippen LogP contribution in [-0.4, -0.2) is 23.9 Å². The summed E-state index contributed by atoms with van der Waals surface area (Å²) in [6.45, 7) is 4.47. The third-order valence-corrected chi connectivity index (χ3v) is 3.48. The second kappa shape index (κ2) is 7.67. The van der Waals surface area contributed by atoms with Gasteiger partial charge in [0.1, 0.15) is 5.82 Å². The van der Waals surface area contributed by atoms with Gasteiger partial charge in [-0.25, -0.2) is 9.38 Å². The van der Waals surface area contributed by atoms with Crippen molar-refractivity contribution in [2.75, 3.05) is 13.1 Å². The molecule has 0 spiro atoms. The van der Waals surface area contributed by atoms with Crippen molar-refractivity contribution in [2.24, 2.45) is 16.6 Å². The Morgan fingerprint density at radius 2 is 2.00 bits per heavy atom. The van der Waals surface area contributed by atoms with Crippen LogP contribution in [0, 0.1) is 11.7 Å². The molecule has 0 aromatic heterocycles. The summed E-state index contributed by atoms with van der Waals surface area (Å²) in [6.07, 6.45) is 2.30. The van der Waals surface area contributed by atoms with Gasteiger partial charge in [-0.15, -0.1) is 24.0 Å². The molecule has 106 valence electrons. The zero-order valence-electron chi connectivity index (χ0n) is 11.2. The van der Waals surface area contributed by atoms with E-state index in [4.69, 9.17) is 5.73 Å². The summed E-state index contributed by atoms with van der Waals surface area (Å²) in [5.41, 5.74) is 6.53. The number of hydrogen-bond acceptors (Lipinski definition) is 1. The van der Waals surface area contributed by atoms with Crippen molar-refractivity contribution in [3.8, 4) is 0 Å². The Balaban J connectivity index is 0.00000180. The Hall–Kier alpha value is -0.850. The summed E-state index contributed by atoms with van der Waals surface area (Å²) in [5.74, 6) is 1.08. The third-order valence-electron chi connectivity index (χ3n) is 3.48. The van der Waals surface area contributed by atoms with Crippen molar-refractivity contribution in [2.45, 2.75) is 26.3 Å². The van der Waals surface area contributed by atoms with Crippen LogP contribution in [0.15, 0.2) is 29.3 Å². The van der Waals surface area contributed by atoms with E-state index in [0.717, 1.165) is 31.8 Å². The van der Waals surface area contributed by atoms with Crippen LogP contribution in [-0.2, 0) is 6.54 Å². The minimum Gasteiger partial charge on any atom is -0.370 e. The lowest BCUT2D eigenvalue weighted by molar-refractivity contribution is 0.277. The standard InChI is InChI=1S/C14H20FN3.HI/c1-11-6-8-18(9-7-11)14(16)17-10-12-4-2-3-5-13(12)15;/h2-5,11H,6-10H2,1H3,(H2,16,17);1H. The van der Waals surface area contributed by atoms with Gasteiger partial charge in [-0.2, -0.15) is 0 Å². The van der Waals surface area contributed by atoms with Gasteiger partial charge in [-0.05, 0) is 24.8 Å². The van der Waals surface area contributed by atoms with Crippen molar-refractivity contribution in [3.05, 3.63) is 35.6 Å². The molecule has 1 aromatic carbocycles. The highest BCUT2D eigenvalue weighted by Gasteiger charge is 2.16. The second-order valence-electron chi connectivity index (χ2n) is 4.94. The molecule has 0 amide bonds. The van der Waals surface area contributed by atoms with E-state index in [1.54, 1.807) is 12.1 Å². The summed E-state index contributed by atoms with van der Waals surface area (Å²) in [4.78, 5) is 6.37. The molecule has 0 bridgehead atoms. The lowest BCUT2D eigenvalue weighted by Gasteiger charge is -2.31. The number of piperidine rings is 1. The number of nitrogens with zero attached hydrogens (tertiary/aromatic N) is 2. The molecule has 0 radical (unpaired) electrons. The fourth-order valence-corrected chi connectivity index (χ4v) is 2.13. The molecule has 19 heavy (non-hydrogen) atoms. The predicted molar refractivity (Wildman–Crippen MR) is 87.1 cm³/mol. The molecule has 1 aromatic rings. The van der Waals surface area contributed by atoms with Crippen molar-refractivity contribution in [1.82, 2.24) is 4.90 Å². The minimum atomic E-state index is -0.221. The molecule has 3 nitrogen and oxygen atoms in total. The van der Waals surface area contributed by atoms with Crippen molar-refractivity contribution >= 4 is 29.9 Å². The molecule has 1 saturated heterocycles. The molecule has 1 aliphatic rings. The highest BCUT2D eigenvalue weighted by Crippen LogP contribution is 2.15. The second-order valence-corrected chi connectivity index (χ2v) is 4.94. The predicted octanol–water partition coefficient (Wildman–Crippen LogP) is 2.99. The average molecular weight is 377 g/mol. The maximum Gasteiger partial charge on any atom is 0.191 e. The van der Waals surface area contributed by atoms with Gasteiger partial charge in [-0.1, -0.05) is 25.1 Å². The zero-order chi connectivity index (χ0) is 13.0. The first-order valence-electron chi connectivity index (χ1n) is 6.45. The van der Waals surface area contributed by atoms with Crippen LogP contribution in [0.1, 0.15) is 25.3 Å². The number of likely N-dealkylation sites (tertiary alicyclic amines) is 1. The summed E-state index contributed by atoms with van der Waals surface area (Å²) in [6, 6.07) is 6.68. The van der Waals surface area contributed by atoms with Crippen LogP contribution in [0.2, 0.25) is 0 Å². The molecule has 2 rings (SSSR count). The topological polar surface area (TPSA) is 41.6 Å². The summed E-state index contributed by atoms with van der Waals surface area (Å²) in [5, 5.41) is 0. The van der Waals surface area contributed by atoms with Crippen LogP contribution in [0.3, 0.4) is 0 Å². The number of aliphatic imine (C=N–C) groups is 1. The van der Waals surface area contributed by atoms with Crippen molar-refractivity contribution in [1.29, 1.82) is 0 Å². The fourth-order valence-electron chi connectivity index (χ4n) is 2.13. The lowest BCUT2D eigenvalue weighted by atomic mass is 10.00. The Labute approximate surface area is 131 Å². The lowest BCUT2D eigenvalue weighted by Crippen LogP contribution is -2.42. The van der Waals surface area contributed by atoms with E-state index in [9.17, 15) is 4.39 Å².